The minimum absolute atomic E-state index is 0.248. The molecule has 0 saturated carbocycles. The lowest BCUT2D eigenvalue weighted by Gasteiger charge is -2.25. The fourth-order valence-electron chi connectivity index (χ4n) is 4.36. The molecule has 1 aliphatic rings. The first-order valence-electron chi connectivity index (χ1n) is 10.3. The molecule has 0 aliphatic heterocycles. The molecule has 3 aromatic heterocycles. The minimum atomic E-state index is -0.321. The Kier molecular flexibility index (Phi) is 4.86. The number of rotatable bonds is 5. The molecule has 0 radical (unpaired) electrons. The average molecular weight is 414 g/mol. The van der Waals surface area contributed by atoms with Gasteiger partial charge < -0.3 is 10.3 Å². The molecule has 3 heterocycles. The average Bonchev–Trinajstić information content (AvgIpc) is 3.37. The zero-order valence-corrected chi connectivity index (χ0v) is 17.3. The summed E-state index contributed by atoms with van der Waals surface area (Å²) in [4.78, 5) is 12.0. The van der Waals surface area contributed by atoms with Gasteiger partial charge in [0, 0.05) is 46.5 Å². The van der Waals surface area contributed by atoms with Gasteiger partial charge in [-0.1, -0.05) is 18.2 Å². The Morgan fingerprint density at radius 3 is 3.06 bits per heavy atom. The zero-order valence-electron chi connectivity index (χ0n) is 17.3. The SMILES string of the molecule is C=N/C=C(\C=C(/C)F)c1cc(N[C@@H]2CCc3[nH]c4ccccc4c3C2)n2nccc2n1. The number of aliphatic imine (C=N–C) groups is 1. The Morgan fingerprint density at radius 2 is 2.23 bits per heavy atom. The van der Waals surface area contributed by atoms with Crippen LogP contribution in [0, 0.1) is 0 Å². The maximum absolute atomic E-state index is 13.6. The minimum Gasteiger partial charge on any atom is -0.367 e. The Morgan fingerprint density at radius 1 is 1.35 bits per heavy atom. The molecule has 0 bridgehead atoms. The van der Waals surface area contributed by atoms with E-state index in [4.69, 9.17) is 0 Å². The first-order chi connectivity index (χ1) is 15.1. The first-order valence-corrected chi connectivity index (χ1v) is 10.3. The number of aromatic nitrogens is 4. The molecular formula is C24H23FN6. The van der Waals surface area contributed by atoms with E-state index in [1.165, 1.54) is 41.4 Å². The molecule has 7 heteroatoms. The summed E-state index contributed by atoms with van der Waals surface area (Å²) in [7, 11) is 0. The topological polar surface area (TPSA) is 70.4 Å². The van der Waals surface area contributed by atoms with Crippen LogP contribution < -0.4 is 5.32 Å². The molecule has 6 nitrogen and oxygen atoms in total. The van der Waals surface area contributed by atoms with E-state index in [1.807, 2.05) is 12.1 Å². The number of H-pyrrole nitrogens is 1. The lowest BCUT2D eigenvalue weighted by atomic mass is 9.91. The van der Waals surface area contributed by atoms with Crippen LogP contribution >= 0.6 is 0 Å². The Hall–Kier alpha value is -3.74. The fourth-order valence-corrected chi connectivity index (χ4v) is 4.36. The maximum atomic E-state index is 13.6. The van der Waals surface area contributed by atoms with Gasteiger partial charge >= 0.3 is 0 Å². The second kappa shape index (κ2) is 7.83. The summed E-state index contributed by atoms with van der Waals surface area (Å²) in [5, 5.41) is 9.36. The predicted molar refractivity (Wildman–Crippen MR) is 123 cm³/mol. The van der Waals surface area contributed by atoms with Gasteiger partial charge in [0.15, 0.2) is 5.65 Å². The normalized spacial score (nSPS) is 17.2. The van der Waals surface area contributed by atoms with Gasteiger partial charge in [0.2, 0.25) is 0 Å². The van der Waals surface area contributed by atoms with E-state index in [-0.39, 0.29) is 11.9 Å². The van der Waals surface area contributed by atoms with Crippen molar-refractivity contribution < 1.29 is 4.39 Å². The van der Waals surface area contributed by atoms with Crippen molar-refractivity contribution in [1.82, 2.24) is 19.6 Å². The first kappa shape index (κ1) is 19.2. The number of hydrogen-bond acceptors (Lipinski definition) is 4. The number of nitrogens with zero attached hydrogens (tertiary/aromatic N) is 4. The van der Waals surface area contributed by atoms with Crippen LogP contribution in [0.2, 0.25) is 0 Å². The van der Waals surface area contributed by atoms with Gasteiger partial charge in [0.1, 0.15) is 5.82 Å². The Balaban J connectivity index is 1.51. The molecule has 31 heavy (non-hydrogen) atoms. The van der Waals surface area contributed by atoms with E-state index in [0.29, 0.717) is 16.9 Å². The highest BCUT2D eigenvalue weighted by Gasteiger charge is 2.23. The van der Waals surface area contributed by atoms with Crippen LogP contribution in [0.15, 0.2) is 65.7 Å². The van der Waals surface area contributed by atoms with Crippen molar-refractivity contribution in [3.8, 4) is 0 Å². The number of fused-ring (bicyclic) bond motifs is 4. The second-order valence-electron chi connectivity index (χ2n) is 7.84. The van der Waals surface area contributed by atoms with Gasteiger partial charge in [-0.2, -0.15) is 9.61 Å². The van der Waals surface area contributed by atoms with Crippen molar-refractivity contribution >= 4 is 34.7 Å². The van der Waals surface area contributed by atoms with Crippen molar-refractivity contribution in [2.24, 2.45) is 4.99 Å². The van der Waals surface area contributed by atoms with Gasteiger partial charge in [-0.3, -0.25) is 4.99 Å². The largest absolute Gasteiger partial charge is 0.367 e. The molecule has 0 fully saturated rings. The molecule has 156 valence electrons. The van der Waals surface area contributed by atoms with Crippen LogP contribution in [0.25, 0.3) is 22.1 Å². The summed E-state index contributed by atoms with van der Waals surface area (Å²) in [6, 6.07) is 12.4. The number of anilines is 1. The molecule has 0 amide bonds. The van der Waals surface area contributed by atoms with E-state index >= 15 is 0 Å². The van der Waals surface area contributed by atoms with Crippen molar-refractivity contribution in [2.75, 3.05) is 5.32 Å². The smallest absolute Gasteiger partial charge is 0.157 e. The predicted octanol–water partition coefficient (Wildman–Crippen LogP) is 5.09. The third-order valence-corrected chi connectivity index (χ3v) is 5.69. The molecule has 1 atom stereocenters. The highest BCUT2D eigenvalue weighted by Crippen LogP contribution is 2.31. The molecule has 4 aromatic rings. The van der Waals surface area contributed by atoms with Crippen LogP contribution in [-0.4, -0.2) is 32.3 Å². The molecule has 0 spiro atoms. The molecule has 5 rings (SSSR count). The quantitative estimate of drug-likeness (QED) is 0.353. The van der Waals surface area contributed by atoms with Crippen molar-refractivity contribution in [3.63, 3.8) is 0 Å². The van der Waals surface area contributed by atoms with Crippen LogP contribution in [-0.2, 0) is 12.8 Å². The summed E-state index contributed by atoms with van der Waals surface area (Å²) in [5.41, 5.74) is 5.74. The number of para-hydroxylation sites is 1. The van der Waals surface area contributed by atoms with Gasteiger partial charge in [-0.05, 0) is 50.6 Å². The number of benzene rings is 1. The van der Waals surface area contributed by atoms with Gasteiger partial charge in [-0.25, -0.2) is 9.37 Å². The van der Waals surface area contributed by atoms with E-state index in [0.717, 1.165) is 25.1 Å². The monoisotopic (exact) mass is 414 g/mol. The van der Waals surface area contributed by atoms with Gasteiger partial charge in [-0.15, -0.1) is 0 Å². The number of aryl methyl sites for hydroxylation is 1. The number of halogens is 1. The summed E-state index contributed by atoms with van der Waals surface area (Å²) >= 11 is 0. The maximum Gasteiger partial charge on any atom is 0.157 e. The lowest BCUT2D eigenvalue weighted by Crippen LogP contribution is -2.28. The summed E-state index contributed by atoms with van der Waals surface area (Å²) in [5.74, 6) is 0.497. The second-order valence-corrected chi connectivity index (χ2v) is 7.84. The van der Waals surface area contributed by atoms with Crippen molar-refractivity contribution in [2.45, 2.75) is 32.2 Å². The highest BCUT2D eigenvalue weighted by molar-refractivity contribution is 5.85. The molecule has 1 aromatic carbocycles. The lowest BCUT2D eigenvalue weighted by molar-refractivity contribution is 0.603. The van der Waals surface area contributed by atoms with Crippen LogP contribution in [0.3, 0.4) is 0 Å². The fraction of sp³-hybridized carbons (Fsp3) is 0.208. The Bertz CT molecular complexity index is 1340. The van der Waals surface area contributed by atoms with Crippen LogP contribution in [0.5, 0.6) is 0 Å². The summed E-state index contributed by atoms with van der Waals surface area (Å²) in [6.07, 6.45) is 7.53. The number of nitrogens with one attached hydrogen (secondary N) is 2. The number of aromatic amines is 1. The van der Waals surface area contributed by atoms with Gasteiger partial charge in [0.25, 0.3) is 0 Å². The summed E-state index contributed by atoms with van der Waals surface area (Å²) in [6.45, 7) is 4.90. The van der Waals surface area contributed by atoms with Crippen LogP contribution in [0.1, 0.15) is 30.3 Å². The molecule has 2 N–H and O–H groups in total. The summed E-state index contributed by atoms with van der Waals surface area (Å²) < 4.78 is 15.4. The van der Waals surface area contributed by atoms with E-state index in [9.17, 15) is 4.39 Å². The number of allylic oxidation sites excluding steroid dienone is 3. The van der Waals surface area contributed by atoms with Crippen LogP contribution in [0.4, 0.5) is 10.2 Å². The van der Waals surface area contributed by atoms with E-state index in [1.54, 1.807) is 10.7 Å². The molecule has 1 aliphatic carbocycles. The van der Waals surface area contributed by atoms with E-state index < -0.39 is 0 Å². The van der Waals surface area contributed by atoms with Crippen molar-refractivity contribution in [3.05, 3.63) is 77.6 Å². The molecule has 0 unspecified atom stereocenters. The Labute approximate surface area is 179 Å². The number of hydrogen-bond donors (Lipinski definition) is 2. The van der Waals surface area contributed by atoms with Crippen molar-refractivity contribution in [1.29, 1.82) is 0 Å². The highest BCUT2D eigenvalue weighted by atomic mass is 19.1. The van der Waals surface area contributed by atoms with Gasteiger partial charge in [0.05, 0.1) is 17.7 Å². The third kappa shape index (κ3) is 3.63. The molecule has 0 saturated heterocycles. The van der Waals surface area contributed by atoms with E-state index in [2.05, 4.69) is 56.4 Å². The molecular weight excluding hydrogens is 391 g/mol. The third-order valence-electron chi connectivity index (χ3n) is 5.69. The zero-order chi connectivity index (χ0) is 21.4. The standard InChI is InChI=1S/C24H23FN6/c1-15(25)11-16(14-26-2)22-13-24(31-23(30-22)9-10-27-31)28-17-7-8-21-19(12-17)18-5-3-4-6-20(18)29-21/h3-6,9-11,13-14,17,28-29H,2,7-8,12H2,1H3/b15-11+,16-14+/t17-/m1/s1.